The van der Waals surface area contributed by atoms with Gasteiger partial charge in [0.15, 0.2) is 0 Å². The number of anilines is 1. The van der Waals surface area contributed by atoms with Crippen molar-refractivity contribution in [2.75, 3.05) is 11.9 Å². The summed E-state index contributed by atoms with van der Waals surface area (Å²) in [5, 5.41) is 4.89. The lowest BCUT2D eigenvalue weighted by atomic mass is 9.96. The number of aromatic nitrogens is 1. The van der Waals surface area contributed by atoms with Gasteiger partial charge in [-0.05, 0) is 55.4 Å². The van der Waals surface area contributed by atoms with Crippen molar-refractivity contribution < 1.29 is 0 Å². The number of nitrogens with zero attached hydrogens (tertiary/aromatic N) is 1. The van der Waals surface area contributed by atoms with Crippen molar-refractivity contribution in [2.24, 2.45) is 0 Å². The maximum atomic E-state index is 4.89. The van der Waals surface area contributed by atoms with E-state index in [1.807, 2.05) is 0 Å². The van der Waals surface area contributed by atoms with Gasteiger partial charge in [-0.15, -0.1) is 0 Å². The summed E-state index contributed by atoms with van der Waals surface area (Å²) < 4.78 is 0. The standard InChI is InChI=1S/C19H26N2/c1-4-10-20-19-12-18(14-6-7-14)21-17-9-8-15(11-16(17)19)13(3)5-2/h8-9,11-14H,4-7,10H2,1-3H3,(H,20,21). The molecule has 1 aromatic heterocycles. The Hall–Kier alpha value is -1.57. The van der Waals surface area contributed by atoms with E-state index in [1.165, 1.54) is 41.6 Å². The summed E-state index contributed by atoms with van der Waals surface area (Å²) in [4.78, 5) is 4.89. The van der Waals surface area contributed by atoms with Crippen LogP contribution in [0.2, 0.25) is 0 Å². The number of hydrogen-bond acceptors (Lipinski definition) is 2. The molecule has 0 bridgehead atoms. The molecule has 3 rings (SSSR count). The molecule has 0 saturated heterocycles. The minimum Gasteiger partial charge on any atom is -0.384 e. The topological polar surface area (TPSA) is 24.9 Å². The lowest BCUT2D eigenvalue weighted by Crippen LogP contribution is -2.03. The Bertz CT molecular complexity index is 629. The highest BCUT2D eigenvalue weighted by Gasteiger charge is 2.26. The highest BCUT2D eigenvalue weighted by Crippen LogP contribution is 2.41. The second kappa shape index (κ2) is 6.05. The van der Waals surface area contributed by atoms with Crippen LogP contribution in [0.4, 0.5) is 5.69 Å². The summed E-state index contributed by atoms with van der Waals surface area (Å²) in [6.45, 7) is 7.78. The van der Waals surface area contributed by atoms with Crippen LogP contribution in [0, 0.1) is 0 Å². The zero-order valence-corrected chi connectivity index (χ0v) is 13.4. The van der Waals surface area contributed by atoms with E-state index in [9.17, 15) is 0 Å². The van der Waals surface area contributed by atoms with E-state index in [0.717, 1.165) is 18.5 Å². The number of fused-ring (bicyclic) bond motifs is 1. The largest absolute Gasteiger partial charge is 0.384 e. The molecule has 1 aliphatic rings. The molecule has 2 heteroatoms. The quantitative estimate of drug-likeness (QED) is 0.762. The van der Waals surface area contributed by atoms with Crippen molar-refractivity contribution in [1.82, 2.24) is 4.98 Å². The van der Waals surface area contributed by atoms with E-state index in [0.29, 0.717) is 11.8 Å². The molecule has 0 aliphatic heterocycles. The number of hydrogen-bond donors (Lipinski definition) is 1. The maximum absolute atomic E-state index is 4.89. The highest BCUT2D eigenvalue weighted by molar-refractivity contribution is 5.92. The van der Waals surface area contributed by atoms with Crippen molar-refractivity contribution in [1.29, 1.82) is 0 Å². The minimum atomic E-state index is 0.608. The summed E-state index contributed by atoms with van der Waals surface area (Å²) in [5.41, 5.74) is 5.11. The molecule has 1 atom stereocenters. The Balaban J connectivity index is 2.07. The van der Waals surface area contributed by atoms with Crippen molar-refractivity contribution in [3.05, 3.63) is 35.5 Å². The van der Waals surface area contributed by atoms with E-state index >= 15 is 0 Å². The van der Waals surface area contributed by atoms with Crippen molar-refractivity contribution in [3.63, 3.8) is 0 Å². The first-order valence-corrected chi connectivity index (χ1v) is 8.41. The van der Waals surface area contributed by atoms with Crippen molar-refractivity contribution in [2.45, 2.75) is 58.3 Å². The number of rotatable bonds is 6. The van der Waals surface area contributed by atoms with Gasteiger partial charge >= 0.3 is 0 Å². The summed E-state index contributed by atoms with van der Waals surface area (Å²) in [6, 6.07) is 9.09. The van der Waals surface area contributed by atoms with Gasteiger partial charge in [0.2, 0.25) is 0 Å². The van der Waals surface area contributed by atoms with E-state index in [2.05, 4.69) is 50.4 Å². The second-order valence-electron chi connectivity index (χ2n) is 6.38. The lowest BCUT2D eigenvalue weighted by molar-refractivity contribution is 0.734. The Kier molecular flexibility index (Phi) is 4.14. The van der Waals surface area contributed by atoms with Crippen LogP contribution in [0.5, 0.6) is 0 Å². The van der Waals surface area contributed by atoms with Gasteiger partial charge in [0.05, 0.1) is 5.52 Å². The molecule has 0 amide bonds. The van der Waals surface area contributed by atoms with E-state index in [4.69, 9.17) is 4.98 Å². The first-order valence-electron chi connectivity index (χ1n) is 8.41. The predicted molar refractivity (Wildman–Crippen MR) is 91.2 cm³/mol. The average Bonchev–Trinajstić information content (AvgIpc) is 3.35. The minimum absolute atomic E-state index is 0.608. The second-order valence-corrected chi connectivity index (χ2v) is 6.38. The van der Waals surface area contributed by atoms with Gasteiger partial charge in [-0.25, -0.2) is 0 Å². The molecule has 1 saturated carbocycles. The number of pyridine rings is 1. The van der Waals surface area contributed by atoms with Gasteiger partial charge in [0.1, 0.15) is 0 Å². The van der Waals surface area contributed by atoms with E-state index in [1.54, 1.807) is 0 Å². The molecule has 2 aromatic rings. The Morgan fingerprint density at radius 1 is 1.24 bits per heavy atom. The van der Waals surface area contributed by atoms with Gasteiger partial charge < -0.3 is 5.32 Å². The van der Waals surface area contributed by atoms with Crippen LogP contribution in [0.15, 0.2) is 24.3 Å². The monoisotopic (exact) mass is 282 g/mol. The molecule has 0 spiro atoms. The third kappa shape index (κ3) is 3.04. The molecular formula is C19H26N2. The molecular weight excluding hydrogens is 256 g/mol. The maximum Gasteiger partial charge on any atom is 0.0726 e. The first-order chi connectivity index (χ1) is 10.2. The summed E-state index contributed by atoms with van der Waals surface area (Å²) in [5.74, 6) is 1.31. The van der Waals surface area contributed by atoms with Crippen LogP contribution >= 0.6 is 0 Å². The molecule has 1 unspecified atom stereocenters. The third-order valence-corrected chi connectivity index (χ3v) is 4.60. The zero-order valence-electron chi connectivity index (χ0n) is 13.4. The van der Waals surface area contributed by atoms with Crippen molar-refractivity contribution in [3.8, 4) is 0 Å². The molecule has 0 radical (unpaired) electrons. The molecule has 1 aliphatic carbocycles. The van der Waals surface area contributed by atoms with Gasteiger partial charge in [0, 0.05) is 29.2 Å². The molecule has 1 N–H and O–H groups in total. The van der Waals surface area contributed by atoms with Crippen molar-refractivity contribution >= 4 is 16.6 Å². The molecule has 1 fully saturated rings. The van der Waals surface area contributed by atoms with Gasteiger partial charge in [-0.2, -0.15) is 0 Å². The van der Waals surface area contributed by atoms with Crippen LogP contribution in [-0.4, -0.2) is 11.5 Å². The molecule has 2 nitrogen and oxygen atoms in total. The lowest BCUT2D eigenvalue weighted by Gasteiger charge is -2.14. The Morgan fingerprint density at radius 2 is 2.05 bits per heavy atom. The molecule has 21 heavy (non-hydrogen) atoms. The van der Waals surface area contributed by atoms with Crippen LogP contribution in [0.25, 0.3) is 10.9 Å². The van der Waals surface area contributed by atoms with Crippen LogP contribution in [0.3, 0.4) is 0 Å². The fraction of sp³-hybridized carbons (Fsp3) is 0.526. The average molecular weight is 282 g/mol. The first kappa shape index (κ1) is 14.4. The SMILES string of the molecule is CCCNc1cc(C2CC2)nc2ccc(C(C)CC)cc12. The molecule has 1 heterocycles. The van der Waals surface area contributed by atoms with E-state index in [-0.39, 0.29) is 0 Å². The van der Waals surface area contributed by atoms with Gasteiger partial charge in [-0.1, -0.05) is 26.8 Å². The van der Waals surface area contributed by atoms with Gasteiger partial charge in [-0.3, -0.25) is 4.98 Å². The summed E-state index contributed by atoms with van der Waals surface area (Å²) in [6.07, 6.45) is 4.93. The fourth-order valence-corrected chi connectivity index (χ4v) is 2.80. The van der Waals surface area contributed by atoms with E-state index < -0.39 is 0 Å². The number of benzene rings is 1. The Labute approximate surface area is 128 Å². The number of nitrogens with one attached hydrogen (secondary N) is 1. The van der Waals surface area contributed by atoms with Crippen LogP contribution in [0.1, 0.15) is 69.5 Å². The summed E-state index contributed by atoms with van der Waals surface area (Å²) in [7, 11) is 0. The predicted octanol–water partition coefficient (Wildman–Crippen LogP) is 5.45. The third-order valence-electron chi connectivity index (χ3n) is 4.60. The summed E-state index contributed by atoms with van der Waals surface area (Å²) >= 11 is 0. The van der Waals surface area contributed by atoms with Crippen LogP contribution < -0.4 is 5.32 Å². The highest BCUT2D eigenvalue weighted by atomic mass is 14.9. The smallest absolute Gasteiger partial charge is 0.0726 e. The molecule has 112 valence electrons. The zero-order chi connectivity index (χ0) is 14.8. The van der Waals surface area contributed by atoms with Gasteiger partial charge in [0.25, 0.3) is 0 Å². The van der Waals surface area contributed by atoms with Crippen LogP contribution in [-0.2, 0) is 0 Å². The Morgan fingerprint density at radius 3 is 2.71 bits per heavy atom. The molecule has 1 aromatic carbocycles. The fourth-order valence-electron chi connectivity index (χ4n) is 2.80. The normalized spacial score (nSPS) is 16.1.